The lowest BCUT2D eigenvalue weighted by atomic mass is 10.0. The molecule has 0 saturated heterocycles. The molecule has 0 spiro atoms. The number of fused-ring (bicyclic) bond motifs is 1. The third-order valence-electron chi connectivity index (χ3n) is 3.32. The maximum absolute atomic E-state index is 11.8. The summed E-state index contributed by atoms with van der Waals surface area (Å²) in [5.74, 6) is -1.07. The number of carbonyl (C=O) groups excluding carboxylic acids is 1. The van der Waals surface area contributed by atoms with Crippen molar-refractivity contribution in [3.8, 4) is 0 Å². The zero-order chi connectivity index (χ0) is 13.4. The van der Waals surface area contributed by atoms with Crippen LogP contribution in [-0.4, -0.2) is 17.0 Å². The van der Waals surface area contributed by atoms with E-state index in [0.29, 0.717) is 5.69 Å². The fourth-order valence-electron chi connectivity index (χ4n) is 2.10. The van der Waals surface area contributed by atoms with Gasteiger partial charge in [-0.05, 0) is 35.7 Å². The number of hydrogen-bond acceptors (Lipinski definition) is 2. The summed E-state index contributed by atoms with van der Waals surface area (Å²) in [6.45, 7) is 0. The molecule has 0 aliphatic heterocycles. The summed E-state index contributed by atoms with van der Waals surface area (Å²) < 4.78 is 0. The molecular weight excluding hydrogens is 242 g/mol. The highest BCUT2D eigenvalue weighted by molar-refractivity contribution is 6.05. The summed E-state index contributed by atoms with van der Waals surface area (Å²) in [5.41, 5.74) is 0.510. The van der Waals surface area contributed by atoms with Crippen LogP contribution in [0.25, 0.3) is 10.8 Å². The van der Waals surface area contributed by atoms with Gasteiger partial charge < -0.3 is 10.4 Å². The number of aromatic carboxylic acids is 1. The maximum Gasteiger partial charge on any atom is 0.337 e. The fraction of sp³-hybridized carbons (Fsp3) is 0.200. The summed E-state index contributed by atoms with van der Waals surface area (Å²) in [6, 6.07) is 10.8. The number of hydrogen-bond donors (Lipinski definition) is 2. The summed E-state index contributed by atoms with van der Waals surface area (Å²) in [4.78, 5) is 23.1. The van der Waals surface area contributed by atoms with Crippen molar-refractivity contribution in [1.29, 1.82) is 0 Å². The van der Waals surface area contributed by atoms with Crippen LogP contribution >= 0.6 is 0 Å². The monoisotopic (exact) mass is 255 g/mol. The van der Waals surface area contributed by atoms with E-state index in [1.54, 1.807) is 12.1 Å². The third-order valence-corrected chi connectivity index (χ3v) is 3.32. The van der Waals surface area contributed by atoms with E-state index in [1.165, 1.54) is 0 Å². The van der Waals surface area contributed by atoms with Crippen molar-refractivity contribution in [2.75, 3.05) is 5.32 Å². The Hall–Kier alpha value is -2.36. The van der Waals surface area contributed by atoms with Gasteiger partial charge in [0.05, 0.1) is 11.3 Å². The molecule has 3 rings (SSSR count). The van der Waals surface area contributed by atoms with E-state index in [9.17, 15) is 14.7 Å². The molecule has 1 fully saturated rings. The number of nitrogens with one attached hydrogen (secondary N) is 1. The topological polar surface area (TPSA) is 66.4 Å². The van der Waals surface area contributed by atoms with Gasteiger partial charge >= 0.3 is 5.97 Å². The van der Waals surface area contributed by atoms with Crippen molar-refractivity contribution >= 4 is 28.3 Å². The molecule has 0 aromatic heterocycles. The minimum absolute atomic E-state index is 0.0492. The smallest absolute Gasteiger partial charge is 0.337 e. The second-order valence-corrected chi connectivity index (χ2v) is 4.81. The molecule has 2 N–H and O–H groups in total. The van der Waals surface area contributed by atoms with Crippen molar-refractivity contribution in [3.63, 3.8) is 0 Å². The van der Waals surface area contributed by atoms with Crippen molar-refractivity contribution in [2.45, 2.75) is 12.8 Å². The van der Waals surface area contributed by atoms with E-state index < -0.39 is 5.97 Å². The van der Waals surface area contributed by atoms with E-state index >= 15 is 0 Å². The maximum atomic E-state index is 11.8. The van der Waals surface area contributed by atoms with Gasteiger partial charge in [0.2, 0.25) is 5.91 Å². The Bertz CT molecular complexity index is 674. The van der Waals surface area contributed by atoms with Crippen molar-refractivity contribution in [3.05, 3.63) is 42.0 Å². The number of carboxylic acids is 1. The summed E-state index contributed by atoms with van der Waals surface area (Å²) in [5, 5.41) is 13.7. The molecule has 1 saturated carbocycles. The molecule has 4 nitrogen and oxygen atoms in total. The van der Waals surface area contributed by atoms with Gasteiger partial charge in [-0.15, -0.1) is 0 Å². The van der Waals surface area contributed by atoms with Gasteiger partial charge in [0.15, 0.2) is 0 Å². The number of carboxylic acid groups (broad SMARTS) is 1. The zero-order valence-electron chi connectivity index (χ0n) is 10.2. The third kappa shape index (κ3) is 2.29. The molecule has 1 amide bonds. The summed E-state index contributed by atoms with van der Waals surface area (Å²) >= 11 is 0. The Morgan fingerprint density at radius 2 is 1.74 bits per heavy atom. The van der Waals surface area contributed by atoms with Gasteiger partial charge in [-0.1, -0.05) is 24.3 Å². The number of benzene rings is 2. The summed E-state index contributed by atoms with van der Waals surface area (Å²) in [7, 11) is 0. The van der Waals surface area contributed by atoms with Crippen LogP contribution in [0, 0.1) is 5.92 Å². The predicted octanol–water partition coefficient (Wildman–Crippen LogP) is 2.89. The molecule has 19 heavy (non-hydrogen) atoms. The largest absolute Gasteiger partial charge is 0.478 e. The summed E-state index contributed by atoms with van der Waals surface area (Å²) in [6.07, 6.45) is 1.78. The first-order valence-corrected chi connectivity index (χ1v) is 6.22. The van der Waals surface area contributed by atoms with Crippen LogP contribution in [0.4, 0.5) is 5.69 Å². The highest BCUT2D eigenvalue weighted by atomic mass is 16.4. The molecule has 0 atom stereocenters. The number of anilines is 1. The number of amides is 1. The molecule has 0 radical (unpaired) electrons. The Morgan fingerprint density at radius 3 is 2.32 bits per heavy atom. The Labute approximate surface area is 110 Å². The zero-order valence-corrected chi connectivity index (χ0v) is 10.2. The fourth-order valence-corrected chi connectivity index (χ4v) is 2.10. The van der Waals surface area contributed by atoms with E-state index in [1.807, 2.05) is 24.3 Å². The highest BCUT2D eigenvalue weighted by Gasteiger charge is 2.30. The van der Waals surface area contributed by atoms with E-state index in [4.69, 9.17) is 0 Å². The van der Waals surface area contributed by atoms with Crippen molar-refractivity contribution in [1.82, 2.24) is 0 Å². The Kier molecular flexibility index (Phi) is 2.71. The van der Waals surface area contributed by atoms with Crippen LogP contribution in [0.2, 0.25) is 0 Å². The van der Waals surface area contributed by atoms with Gasteiger partial charge in [0, 0.05) is 5.92 Å². The van der Waals surface area contributed by atoms with Crippen LogP contribution in [0.3, 0.4) is 0 Å². The molecule has 0 unspecified atom stereocenters. The van der Waals surface area contributed by atoms with Gasteiger partial charge in [0.25, 0.3) is 0 Å². The van der Waals surface area contributed by atoms with Crippen LogP contribution in [-0.2, 0) is 4.79 Å². The molecule has 4 heteroatoms. The lowest BCUT2D eigenvalue weighted by Crippen LogP contribution is -2.16. The average Bonchev–Trinajstić information content (AvgIpc) is 3.22. The van der Waals surface area contributed by atoms with Crippen LogP contribution in [0.15, 0.2) is 36.4 Å². The van der Waals surface area contributed by atoms with Gasteiger partial charge in [-0.25, -0.2) is 4.79 Å². The molecule has 1 aliphatic carbocycles. The van der Waals surface area contributed by atoms with E-state index in [0.717, 1.165) is 23.6 Å². The molecular formula is C15H13NO3. The number of carbonyl (C=O) groups is 2. The van der Waals surface area contributed by atoms with Gasteiger partial charge in [-0.3, -0.25) is 4.79 Å². The van der Waals surface area contributed by atoms with Crippen LogP contribution in [0.5, 0.6) is 0 Å². The lowest BCUT2D eigenvalue weighted by molar-refractivity contribution is -0.117. The first-order valence-electron chi connectivity index (χ1n) is 6.22. The second kappa shape index (κ2) is 4.39. The minimum Gasteiger partial charge on any atom is -0.478 e. The molecule has 2 aromatic rings. The first-order chi connectivity index (χ1) is 9.15. The standard InChI is InChI=1S/C15H13NO3/c17-14(9-5-6-9)16-13-8-11-4-2-1-3-10(11)7-12(13)15(18)19/h1-4,7-9H,5-6H2,(H,16,17)(H,18,19). The average molecular weight is 255 g/mol. The Morgan fingerprint density at radius 1 is 1.11 bits per heavy atom. The quantitative estimate of drug-likeness (QED) is 0.886. The Balaban J connectivity index is 2.06. The van der Waals surface area contributed by atoms with Crippen LogP contribution in [0.1, 0.15) is 23.2 Å². The second-order valence-electron chi connectivity index (χ2n) is 4.81. The molecule has 96 valence electrons. The highest BCUT2D eigenvalue weighted by Crippen LogP contribution is 2.31. The van der Waals surface area contributed by atoms with E-state index in [-0.39, 0.29) is 17.4 Å². The predicted molar refractivity (Wildman–Crippen MR) is 72.3 cm³/mol. The molecule has 0 heterocycles. The minimum atomic E-state index is -1.03. The van der Waals surface area contributed by atoms with Crippen LogP contribution < -0.4 is 5.32 Å². The molecule has 0 bridgehead atoms. The first kappa shape index (κ1) is 11.7. The number of rotatable bonds is 3. The van der Waals surface area contributed by atoms with Crippen molar-refractivity contribution in [2.24, 2.45) is 5.92 Å². The van der Waals surface area contributed by atoms with Gasteiger partial charge in [0.1, 0.15) is 0 Å². The van der Waals surface area contributed by atoms with E-state index in [2.05, 4.69) is 5.32 Å². The molecule has 1 aliphatic rings. The molecule has 2 aromatic carbocycles. The lowest BCUT2D eigenvalue weighted by Gasteiger charge is -2.10. The van der Waals surface area contributed by atoms with Crippen molar-refractivity contribution < 1.29 is 14.7 Å². The van der Waals surface area contributed by atoms with Gasteiger partial charge in [-0.2, -0.15) is 0 Å². The normalized spacial score (nSPS) is 14.3. The SMILES string of the molecule is O=C(O)c1cc2ccccc2cc1NC(=O)C1CC1.